The summed E-state index contributed by atoms with van der Waals surface area (Å²) in [6, 6.07) is 0.689. The Hall–Kier alpha value is -0.300. The summed E-state index contributed by atoms with van der Waals surface area (Å²) in [7, 11) is 0. The van der Waals surface area contributed by atoms with Crippen molar-refractivity contribution in [2.24, 2.45) is 0 Å². The van der Waals surface area contributed by atoms with Crippen molar-refractivity contribution in [3.05, 3.63) is 11.6 Å². The molecule has 1 nitrogen and oxygen atoms in total. The first-order chi connectivity index (χ1) is 8.38. The minimum Gasteiger partial charge on any atom is -0.311 e. The van der Waals surface area contributed by atoms with Crippen LogP contribution in [0.3, 0.4) is 0 Å². The fourth-order valence-corrected chi connectivity index (χ4v) is 2.81. The minimum atomic E-state index is 0.689. The van der Waals surface area contributed by atoms with Crippen molar-refractivity contribution in [2.75, 3.05) is 6.54 Å². The molecule has 0 aromatic carbocycles. The molecule has 1 rings (SSSR count). The molecule has 0 radical (unpaired) electrons. The van der Waals surface area contributed by atoms with Gasteiger partial charge in [0.2, 0.25) is 0 Å². The molecule has 1 aliphatic rings. The highest BCUT2D eigenvalue weighted by atomic mass is 14.9. The Morgan fingerprint density at radius 2 is 1.88 bits per heavy atom. The Kier molecular flexibility index (Phi) is 8.42. The Labute approximate surface area is 108 Å². The van der Waals surface area contributed by atoms with Gasteiger partial charge in [0.05, 0.1) is 0 Å². The average molecular weight is 237 g/mol. The monoisotopic (exact) mass is 237 g/mol. The third-order valence-electron chi connectivity index (χ3n) is 3.82. The van der Waals surface area contributed by atoms with Crippen LogP contribution in [-0.2, 0) is 0 Å². The Balaban J connectivity index is 2.11. The van der Waals surface area contributed by atoms with Crippen LogP contribution in [0.15, 0.2) is 11.6 Å². The van der Waals surface area contributed by atoms with Gasteiger partial charge in [-0.15, -0.1) is 0 Å². The molecular weight excluding hydrogens is 206 g/mol. The van der Waals surface area contributed by atoms with Crippen molar-refractivity contribution in [2.45, 2.75) is 84.1 Å². The molecule has 0 spiro atoms. The van der Waals surface area contributed by atoms with Crippen LogP contribution in [0.2, 0.25) is 0 Å². The summed E-state index contributed by atoms with van der Waals surface area (Å²) in [6.07, 6.45) is 16.3. The lowest BCUT2D eigenvalue weighted by Crippen LogP contribution is -2.30. The molecule has 0 saturated carbocycles. The molecule has 1 heteroatoms. The summed E-state index contributed by atoms with van der Waals surface area (Å²) in [4.78, 5) is 0. The molecule has 17 heavy (non-hydrogen) atoms. The van der Waals surface area contributed by atoms with Gasteiger partial charge in [-0.05, 0) is 32.2 Å². The van der Waals surface area contributed by atoms with E-state index in [1.165, 1.54) is 64.2 Å². The van der Waals surface area contributed by atoms with Crippen LogP contribution in [-0.4, -0.2) is 12.6 Å². The number of rotatable bonds is 10. The molecule has 0 aliphatic heterocycles. The van der Waals surface area contributed by atoms with Gasteiger partial charge >= 0.3 is 0 Å². The lowest BCUT2D eigenvalue weighted by molar-refractivity contribution is 0.497. The molecule has 0 aromatic rings. The van der Waals surface area contributed by atoms with E-state index in [9.17, 15) is 0 Å². The van der Waals surface area contributed by atoms with E-state index in [4.69, 9.17) is 0 Å². The SMILES string of the molecule is CCCCCCCCC(NCC)C1=CCCC1. The number of allylic oxidation sites excluding steroid dienone is 1. The highest BCUT2D eigenvalue weighted by Crippen LogP contribution is 2.24. The molecule has 0 fully saturated rings. The molecule has 0 heterocycles. The predicted octanol–water partition coefficient (Wildman–Crippen LogP) is 4.83. The number of hydrogen-bond donors (Lipinski definition) is 1. The molecule has 0 amide bonds. The van der Waals surface area contributed by atoms with Gasteiger partial charge in [0.25, 0.3) is 0 Å². The number of likely N-dealkylation sites (N-methyl/N-ethyl adjacent to an activating group) is 1. The van der Waals surface area contributed by atoms with Gasteiger partial charge < -0.3 is 5.32 Å². The number of nitrogens with one attached hydrogen (secondary N) is 1. The fraction of sp³-hybridized carbons (Fsp3) is 0.875. The molecule has 0 aromatic heterocycles. The molecule has 1 atom stereocenters. The summed E-state index contributed by atoms with van der Waals surface area (Å²) in [5.74, 6) is 0. The maximum atomic E-state index is 3.66. The largest absolute Gasteiger partial charge is 0.311 e. The van der Waals surface area contributed by atoms with Crippen molar-refractivity contribution in [1.29, 1.82) is 0 Å². The smallest absolute Gasteiger partial charge is 0.0279 e. The van der Waals surface area contributed by atoms with E-state index < -0.39 is 0 Å². The first-order valence-electron chi connectivity index (χ1n) is 7.80. The van der Waals surface area contributed by atoms with Gasteiger partial charge in [-0.3, -0.25) is 0 Å². The Morgan fingerprint density at radius 3 is 2.53 bits per heavy atom. The predicted molar refractivity (Wildman–Crippen MR) is 77.4 cm³/mol. The summed E-state index contributed by atoms with van der Waals surface area (Å²) in [5.41, 5.74) is 1.69. The fourth-order valence-electron chi connectivity index (χ4n) is 2.81. The van der Waals surface area contributed by atoms with Crippen LogP contribution in [0.5, 0.6) is 0 Å². The molecule has 1 unspecified atom stereocenters. The Bertz CT molecular complexity index is 208. The zero-order chi connectivity index (χ0) is 12.3. The summed E-state index contributed by atoms with van der Waals surface area (Å²) in [6.45, 7) is 5.62. The molecule has 1 aliphatic carbocycles. The van der Waals surface area contributed by atoms with E-state index in [1.807, 2.05) is 0 Å². The van der Waals surface area contributed by atoms with Gasteiger partial charge in [0.15, 0.2) is 0 Å². The minimum absolute atomic E-state index is 0.689. The Morgan fingerprint density at radius 1 is 1.12 bits per heavy atom. The second-order valence-corrected chi connectivity index (χ2v) is 5.34. The van der Waals surface area contributed by atoms with E-state index in [2.05, 4.69) is 25.2 Å². The molecule has 100 valence electrons. The number of unbranched alkanes of at least 4 members (excludes halogenated alkanes) is 5. The average Bonchev–Trinajstić information content (AvgIpc) is 2.86. The zero-order valence-electron chi connectivity index (χ0n) is 11.9. The maximum Gasteiger partial charge on any atom is 0.0279 e. The topological polar surface area (TPSA) is 12.0 Å². The van der Waals surface area contributed by atoms with Crippen LogP contribution in [0.1, 0.15) is 78.1 Å². The standard InChI is InChI=1S/C16H31N/c1-3-5-6-7-8-9-14-16(17-4-2)15-12-10-11-13-15/h12,16-17H,3-11,13-14H2,1-2H3. The normalized spacial score (nSPS) is 17.2. The van der Waals surface area contributed by atoms with Crippen LogP contribution in [0.4, 0.5) is 0 Å². The van der Waals surface area contributed by atoms with Gasteiger partial charge in [-0.1, -0.05) is 64.0 Å². The van der Waals surface area contributed by atoms with Crippen LogP contribution < -0.4 is 5.32 Å². The van der Waals surface area contributed by atoms with Gasteiger partial charge in [-0.25, -0.2) is 0 Å². The summed E-state index contributed by atoms with van der Waals surface area (Å²) >= 11 is 0. The first kappa shape index (κ1) is 14.8. The van der Waals surface area contributed by atoms with Crippen molar-refractivity contribution < 1.29 is 0 Å². The molecule has 0 saturated heterocycles. The lowest BCUT2D eigenvalue weighted by Gasteiger charge is -2.19. The quantitative estimate of drug-likeness (QED) is 0.424. The summed E-state index contributed by atoms with van der Waals surface area (Å²) in [5, 5.41) is 3.66. The summed E-state index contributed by atoms with van der Waals surface area (Å²) < 4.78 is 0. The second kappa shape index (κ2) is 9.70. The van der Waals surface area contributed by atoms with Gasteiger partial charge in [0.1, 0.15) is 0 Å². The van der Waals surface area contributed by atoms with Crippen molar-refractivity contribution in [3.63, 3.8) is 0 Å². The van der Waals surface area contributed by atoms with Crippen LogP contribution >= 0.6 is 0 Å². The van der Waals surface area contributed by atoms with Crippen molar-refractivity contribution in [1.82, 2.24) is 5.32 Å². The zero-order valence-corrected chi connectivity index (χ0v) is 11.9. The lowest BCUT2D eigenvalue weighted by atomic mass is 9.99. The van der Waals surface area contributed by atoms with Crippen LogP contribution in [0, 0.1) is 0 Å². The van der Waals surface area contributed by atoms with E-state index in [1.54, 1.807) is 5.57 Å². The molecule has 0 bridgehead atoms. The highest BCUT2D eigenvalue weighted by molar-refractivity contribution is 5.15. The van der Waals surface area contributed by atoms with E-state index >= 15 is 0 Å². The number of hydrogen-bond acceptors (Lipinski definition) is 1. The van der Waals surface area contributed by atoms with E-state index in [-0.39, 0.29) is 0 Å². The molecule has 1 N–H and O–H groups in total. The maximum absolute atomic E-state index is 3.66. The third-order valence-corrected chi connectivity index (χ3v) is 3.82. The van der Waals surface area contributed by atoms with Crippen molar-refractivity contribution >= 4 is 0 Å². The van der Waals surface area contributed by atoms with Gasteiger partial charge in [0, 0.05) is 6.04 Å². The van der Waals surface area contributed by atoms with Crippen LogP contribution in [0.25, 0.3) is 0 Å². The molecular formula is C16H31N. The van der Waals surface area contributed by atoms with Gasteiger partial charge in [-0.2, -0.15) is 0 Å². The third kappa shape index (κ3) is 6.26. The van der Waals surface area contributed by atoms with E-state index in [0.717, 1.165) is 6.54 Å². The highest BCUT2D eigenvalue weighted by Gasteiger charge is 2.15. The van der Waals surface area contributed by atoms with E-state index in [0.29, 0.717) is 6.04 Å². The van der Waals surface area contributed by atoms with Crippen molar-refractivity contribution in [3.8, 4) is 0 Å². The second-order valence-electron chi connectivity index (χ2n) is 5.34. The first-order valence-corrected chi connectivity index (χ1v) is 7.80.